The van der Waals surface area contributed by atoms with Crippen LogP contribution in [0.3, 0.4) is 0 Å². The molecule has 3 rings (SSSR count). The summed E-state index contributed by atoms with van der Waals surface area (Å²) in [4.78, 5) is 23.8. The van der Waals surface area contributed by atoms with Gasteiger partial charge in [-0.2, -0.15) is 0 Å². The molecule has 0 bridgehead atoms. The first-order valence-corrected chi connectivity index (χ1v) is 7.55. The maximum Gasteiger partial charge on any atom is 0.337 e. The Labute approximate surface area is 144 Å². The number of aromatic hydroxyl groups is 1. The molecule has 0 fully saturated rings. The van der Waals surface area contributed by atoms with Gasteiger partial charge in [-0.15, -0.1) is 0 Å². The second kappa shape index (κ2) is 6.92. The molecule has 25 heavy (non-hydrogen) atoms. The Kier molecular flexibility index (Phi) is 4.52. The van der Waals surface area contributed by atoms with E-state index in [9.17, 15) is 14.7 Å². The van der Waals surface area contributed by atoms with E-state index >= 15 is 0 Å². The Morgan fingerprint density at radius 3 is 2.56 bits per heavy atom. The number of urea groups is 1. The van der Waals surface area contributed by atoms with Gasteiger partial charge >= 0.3 is 12.0 Å². The summed E-state index contributed by atoms with van der Waals surface area (Å²) in [5, 5.41) is 16.6. The van der Waals surface area contributed by atoms with Crippen LogP contribution in [0.1, 0.15) is 10.4 Å². The van der Waals surface area contributed by atoms with E-state index in [-0.39, 0.29) is 5.75 Å². The summed E-state index contributed by atoms with van der Waals surface area (Å²) in [5.74, 6) is -0.313. The van der Waals surface area contributed by atoms with Crippen molar-refractivity contribution in [3.63, 3.8) is 0 Å². The fourth-order valence-electron chi connectivity index (χ4n) is 2.51. The van der Waals surface area contributed by atoms with Crippen LogP contribution in [-0.4, -0.2) is 24.2 Å². The second-order valence-electron chi connectivity index (χ2n) is 5.36. The number of hydrogen-bond acceptors (Lipinski definition) is 4. The van der Waals surface area contributed by atoms with E-state index in [0.717, 1.165) is 10.8 Å². The molecular weight excluding hydrogens is 320 g/mol. The topological polar surface area (TPSA) is 87.7 Å². The Morgan fingerprint density at radius 2 is 1.76 bits per heavy atom. The van der Waals surface area contributed by atoms with Crippen LogP contribution in [0, 0.1) is 0 Å². The van der Waals surface area contributed by atoms with Crippen molar-refractivity contribution in [2.24, 2.45) is 0 Å². The van der Waals surface area contributed by atoms with Gasteiger partial charge in [0.15, 0.2) is 0 Å². The minimum absolute atomic E-state index is 0.161. The summed E-state index contributed by atoms with van der Waals surface area (Å²) in [7, 11) is 1.30. The number of phenolic OH excluding ortho intramolecular Hbond substituents is 1. The third-order valence-corrected chi connectivity index (χ3v) is 3.65. The molecule has 3 aromatic carbocycles. The lowest BCUT2D eigenvalue weighted by Crippen LogP contribution is -2.19. The van der Waals surface area contributed by atoms with Crippen LogP contribution in [0.2, 0.25) is 0 Å². The number of esters is 1. The summed E-state index contributed by atoms with van der Waals surface area (Å²) in [5.41, 5.74) is 1.43. The number of rotatable bonds is 3. The number of ether oxygens (including phenoxy) is 1. The molecule has 0 saturated heterocycles. The SMILES string of the molecule is COC(=O)c1cccc(NC(=O)Nc2cccc3cc(O)ccc23)c1. The number of amides is 2. The number of phenols is 1. The van der Waals surface area contributed by atoms with Crippen molar-refractivity contribution in [3.8, 4) is 5.75 Å². The molecule has 0 saturated carbocycles. The monoisotopic (exact) mass is 336 g/mol. The predicted octanol–water partition coefficient (Wildman–Crippen LogP) is 3.98. The van der Waals surface area contributed by atoms with Crippen LogP contribution in [0.15, 0.2) is 60.7 Å². The van der Waals surface area contributed by atoms with Gasteiger partial charge in [0.2, 0.25) is 0 Å². The molecule has 0 aliphatic rings. The van der Waals surface area contributed by atoms with Crippen molar-refractivity contribution >= 4 is 34.1 Å². The van der Waals surface area contributed by atoms with E-state index < -0.39 is 12.0 Å². The lowest BCUT2D eigenvalue weighted by molar-refractivity contribution is 0.0600. The first-order chi connectivity index (χ1) is 12.1. The molecule has 0 atom stereocenters. The smallest absolute Gasteiger partial charge is 0.337 e. The number of benzene rings is 3. The van der Waals surface area contributed by atoms with E-state index in [2.05, 4.69) is 15.4 Å². The van der Waals surface area contributed by atoms with Gasteiger partial charge in [0, 0.05) is 11.1 Å². The van der Waals surface area contributed by atoms with E-state index in [1.807, 2.05) is 6.07 Å². The van der Waals surface area contributed by atoms with Gasteiger partial charge < -0.3 is 20.5 Å². The number of carbonyl (C=O) groups excluding carboxylic acids is 2. The van der Waals surface area contributed by atoms with Crippen LogP contribution < -0.4 is 10.6 Å². The van der Waals surface area contributed by atoms with Crippen molar-refractivity contribution in [1.82, 2.24) is 0 Å². The molecular formula is C19H16N2O4. The van der Waals surface area contributed by atoms with Crippen molar-refractivity contribution in [2.75, 3.05) is 17.7 Å². The van der Waals surface area contributed by atoms with Crippen molar-refractivity contribution in [2.45, 2.75) is 0 Å². The molecule has 3 aromatic rings. The Morgan fingerprint density at radius 1 is 0.960 bits per heavy atom. The van der Waals surface area contributed by atoms with E-state index in [0.29, 0.717) is 16.9 Å². The van der Waals surface area contributed by atoms with Crippen LogP contribution in [0.5, 0.6) is 5.75 Å². The molecule has 0 radical (unpaired) electrons. The molecule has 126 valence electrons. The molecule has 3 N–H and O–H groups in total. The normalized spacial score (nSPS) is 10.3. The summed E-state index contributed by atoms with van der Waals surface area (Å²) < 4.78 is 4.66. The molecule has 0 aliphatic heterocycles. The second-order valence-corrected chi connectivity index (χ2v) is 5.36. The number of anilines is 2. The highest BCUT2D eigenvalue weighted by atomic mass is 16.5. The highest BCUT2D eigenvalue weighted by Crippen LogP contribution is 2.26. The zero-order valence-electron chi connectivity index (χ0n) is 13.4. The van der Waals surface area contributed by atoms with Crippen LogP contribution >= 0.6 is 0 Å². The van der Waals surface area contributed by atoms with E-state index in [1.54, 1.807) is 48.5 Å². The molecule has 0 aromatic heterocycles. The number of fused-ring (bicyclic) bond motifs is 1. The summed E-state index contributed by atoms with van der Waals surface area (Å²) in [6.45, 7) is 0. The largest absolute Gasteiger partial charge is 0.508 e. The van der Waals surface area contributed by atoms with Crippen molar-refractivity contribution in [3.05, 3.63) is 66.2 Å². The van der Waals surface area contributed by atoms with Crippen molar-refractivity contribution < 1.29 is 19.4 Å². The molecule has 6 heteroatoms. The van der Waals surface area contributed by atoms with Crippen LogP contribution in [0.25, 0.3) is 10.8 Å². The van der Waals surface area contributed by atoms with Gasteiger partial charge in [-0.3, -0.25) is 0 Å². The minimum atomic E-state index is -0.474. The average Bonchev–Trinajstić information content (AvgIpc) is 2.61. The van der Waals surface area contributed by atoms with E-state index in [4.69, 9.17) is 0 Å². The maximum absolute atomic E-state index is 12.3. The average molecular weight is 336 g/mol. The summed E-state index contributed by atoms with van der Waals surface area (Å²) in [6.07, 6.45) is 0. The summed E-state index contributed by atoms with van der Waals surface area (Å²) >= 11 is 0. The molecule has 0 heterocycles. The number of methoxy groups -OCH3 is 1. The van der Waals surface area contributed by atoms with Crippen LogP contribution in [0.4, 0.5) is 16.2 Å². The Bertz CT molecular complexity index is 953. The third kappa shape index (κ3) is 3.69. The summed E-state index contributed by atoms with van der Waals surface area (Å²) in [6, 6.07) is 16.3. The van der Waals surface area contributed by atoms with E-state index in [1.165, 1.54) is 13.2 Å². The lowest BCUT2D eigenvalue weighted by atomic mass is 10.1. The number of hydrogen-bond donors (Lipinski definition) is 3. The van der Waals surface area contributed by atoms with Gasteiger partial charge in [-0.05, 0) is 47.9 Å². The maximum atomic E-state index is 12.3. The van der Waals surface area contributed by atoms with Crippen LogP contribution in [-0.2, 0) is 4.74 Å². The number of nitrogens with one attached hydrogen (secondary N) is 2. The zero-order chi connectivity index (χ0) is 17.8. The molecule has 2 amide bonds. The van der Waals surface area contributed by atoms with Gasteiger partial charge in [-0.25, -0.2) is 9.59 Å². The molecule has 6 nitrogen and oxygen atoms in total. The van der Waals surface area contributed by atoms with Gasteiger partial charge in [0.1, 0.15) is 5.75 Å². The molecule has 0 unspecified atom stereocenters. The first kappa shape index (κ1) is 16.3. The lowest BCUT2D eigenvalue weighted by Gasteiger charge is -2.11. The Hall–Kier alpha value is -3.54. The van der Waals surface area contributed by atoms with Gasteiger partial charge in [-0.1, -0.05) is 18.2 Å². The van der Waals surface area contributed by atoms with Crippen molar-refractivity contribution in [1.29, 1.82) is 0 Å². The van der Waals surface area contributed by atoms with Gasteiger partial charge in [0.25, 0.3) is 0 Å². The van der Waals surface area contributed by atoms with Gasteiger partial charge in [0.05, 0.1) is 18.4 Å². The highest BCUT2D eigenvalue weighted by Gasteiger charge is 2.09. The zero-order valence-corrected chi connectivity index (χ0v) is 13.4. The third-order valence-electron chi connectivity index (χ3n) is 3.65. The predicted molar refractivity (Wildman–Crippen MR) is 96.0 cm³/mol. The fraction of sp³-hybridized carbons (Fsp3) is 0.0526. The molecule has 0 aliphatic carbocycles. The standard InChI is InChI=1S/C19H16N2O4/c1-25-18(23)13-5-2-6-14(10-13)20-19(24)21-17-7-3-4-12-11-15(22)8-9-16(12)17/h2-11,22H,1H3,(H2,20,21,24). The Balaban J connectivity index is 1.78. The highest BCUT2D eigenvalue weighted by molar-refractivity contribution is 6.06. The fourth-order valence-corrected chi connectivity index (χ4v) is 2.51. The quantitative estimate of drug-likeness (QED) is 0.631. The first-order valence-electron chi connectivity index (χ1n) is 7.55. The minimum Gasteiger partial charge on any atom is -0.508 e. The number of carbonyl (C=O) groups is 2. The molecule has 0 spiro atoms.